The van der Waals surface area contributed by atoms with E-state index in [2.05, 4.69) is 17.3 Å². The van der Waals surface area contributed by atoms with Gasteiger partial charge in [0.25, 0.3) is 0 Å². The summed E-state index contributed by atoms with van der Waals surface area (Å²) in [6.07, 6.45) is 9.96. The first-order chi connectivity index (χ1) is 9.38. The molecule has 0 amide bonds. The van der Waals surface area contributed by atoms with Crippen LogP contribution in [0.3, 0.4) is 0 Å². The highest BCUT2D eigenvalue weighted by Gasteiger charge is 2.36. The van der Waals surface area contributed by atoms with Crippen molar-refractivity contribution in [3.8, 4) is 0 Å². The Kier molecular flexibility index (Phi) is 4.78. The van der Waals surface area contributed by atoms with E-state index in [1.807, 2.05) is 0 Å². The molecule has 3 atom stereocenters. The first-order valence-electron chi connectivity index (χ1n) is 8.37. The maximum absolute atomic E-state index is 5.72. The van der Waals surface area contributed by atoms with Crippen molar-refractivity contribution in [2.75, 3.05) is 33.4 Å². The van der Waals surface area contributed by atoms with Crippen molar-refractivity contribution in [1.29, 1.82) is 0 Å². The third kappa shape index (κ3) is 3.14. The molecule has 19 heavy (non-hydrogen) atoms. The highest BCUT2D eigenvalue weighted by Crippen LogP contribution is 2.36. The Bertz CT molecular complexity index is 278. The van der Waals surface area contributed by atoms with Crippen molar-refractivity contribution in [3.63, 3.8) is 0 Å². The lowest BCUT2D eigenvalue weighted by molar-refractivity contribution is 0.0131. The summed E-state index contributed by atoms with van der Waals surface area (Å²) in [4.78, 5) is 2.81. The Morgan fingerprint density at radius 2 is 1.95 bits per heavy atom. The summed E-state index contributed by atoms with van der Waals surface area (Å²) in [6, 6.07) is 1.56. The van der Waals surface area contributed by atoms with Crippen molar-refractivity contribution >= 4 is 0 Å². The number of likely N-dealkylation sites (tertiary alicyclic amines) is 1. The van der Waals surface area contributed by atoms with Gasteiger partial charge in [0.1, 0.15) is 0 Å². The Labute approximate surface area is 118 Å². The molecule has 3 fully saturated rings. The first kappa shape index (κ1) is 13.8. The van der Waals surface area contributed by atoms with Crippen LogP contribution in [0.2, 0.25) is 0 Å². The number of nitrogens with one attached hydrogen (secondary N) is 1. The van der Waals surface area contributed by atoms with Crippen LogP contribution in [0.1, 0.15) is 44.9 Å². The topological polar surface area (TPSA) is 24.5 Å². The summed E-state index contributed by atoms with van der Waals surface area (Å²) in [7, 11) is 2.11. The third-order valence-corrected chi connectivity index (χ3v) is 5.67. The molecular weight excluding hydrogens is 236 g/mol. The highest BCUT2D eigenvalue weighted by molar-refractivity contribution is 4.90. The Morgan fingerprint density at radius 3 is 2.74 bits per heavy atom. The molecule has 0 radical (unpaired) electrons. The molecule has 0 spiro atoms. The standard InChI is InChI=1S/C16H30N2O/c1-17-15-8-10-19-12-14(15)11-18-9-4-7-16(18)13-5-2-3-6-13/h13-17H,2-12H2,1H3. The van der Waals surface area contributed by atoms with E-state index < -0.39 is 0 Å². The monoisotopic (exact) mass is 266 g/mol. The second kappa shape index (κ2) is 6.55. The van der Waals surface area contributed by atoms with Gasteiger partial charge in [-0.25, -0.2) is 0 Å². The van der Waals surface area contributed by atoms with Crippen LogP contribution in [0, 0.1) is 11.8 Å². The largest absolute Gasteiger partial charge is 0.381 e. The van der Waals surface area contributed by atoms with Gasteiger partial charge in [-0.2, -0.15) is 0 Å². The van der Waals surface area contributed by atoms with Crippen molar-refractivity contribution in [3.05, 3.63) is 0 Å². The van der Waals surface area contributed by atoms with Gasteiger partial charge in [0.05, 0.1) is 6.61 Å². The second-order valence-electron chi connectivity index (χ2n) is 6.77. The highest BCUT2D eigenvalue weighted by atomic mass is 16.5. The van der Waals surface area contributed by atoms with Crippen LogP contribution in [-0.4, -0.2) is 50.3 Å². The van der Waals surface area contributed by atoms with E-state index in [9.17, 15) is 0 Å². The summed E-state index contributed by atoms with van der Waals surface area (Å²) < 4.78 is 5.72. The maximum Gasteiger partial charge on any atom is 0.0521 e. The van der Waals surface area contributed by atoms with E-state index in [-0.39, 0.29) is 0 Å². The number of hydrogen-bond donors (Lipinski definition) is 1. The fourth-order valence-electron chi connectivity index (χ4n) is 4.61. The molecule has 0 aromatic rings. The van der Waals surface area contributed by atoms with E-state index in [0.29, 0.717) is 12.0 Å². The molecule has 1 saturated carbocycles. The van der Waals surface area contributed by atoms with Gasteiger partial charge in [0, 0.05) is 31.2 Å². The lowest BCUT2D eigenvalue weighted by Crippen LogP contribution is -2.48. The maximum atomic E-state index is 5.72. The van der Waals surface area contributed by atoms with Crippen LogP contribution in [0.25, 0.3) is 0 Å². The van der Waals surface area contributed by atoms with Crippen LogP contribution in [0.4, 0.5) is 0 Å². The average molecular weight is 266 g/mol. The van der Waals surface area contributed by atoms with Gasteiger partial charge in [-0.1, -0.05) is 12.8 Å². The minimum absolute atomic E-state index is 0.665. The minimum Gasteiger partial charge on any atom is -0.381 e. The second-order valence-corrected chi connectivity index (χ2v) is 6.77. The first-order valence-corrected chi connectivity index (χ1v) is 8.37. The Hall–Kier alpha value is -0.120. The number of ether oxygens (including phenoxy) is 1. The third-order valence-electron chi connectivity index (χ3n) is 5.67. The fraction of sp³-hybridized carbons (Fsp3) is 1.00. The molecule has 1 aliphatic carbocycles. The molecule has 3 nitrogen and oxygen atoms in total. The molecule has 1 N–H and O–H groups in total. The number of rotatable bonds is 4. The zero-order chi connectivity index (χ0) is 13.1. The van der Waals surface area contributed by atoms with Crippen molar-refractivity contribution < 1.29 is 4.74 Å². The molecule has 0 bridgehead atoms. The summed E-state index contributed by atoms with van der Waals surface area (Å²) in [5.74, 6) is 1.70. The van der Waals surface area contributed by atoms with Crippen molar-refractivity contribution in [2.24, 2.45) is 11.8 Å². The molecule has 0 aromatic carbocycles. The van der Waals surface area contributed by atoms with Crippen LogP contribution >= 0.6 is 0 Å². The predicted molar refractivity (Wildman–Crippen MR) is 78.3 cm³/mol. The predicted octanol–water partition coefficient (Wildman–Crippen LogP) is 2.27. The Balaban J connectivity index is 1.57. The molecule has 3 aliphatic rings. The van der Waals surface area contributed by atoms with E-state index in [1.165, 1.54) is 58.0 Å². The number of nitrogens with zero attached hydrogens (tertiary/aromatic N) is 1. The van der Waals surface area contributed by atoms with Crippen LogP contribution in [0.5, 0.6) is 0 Å². The summed E-state index contributed by atoms with van der Waals surface area (Å²) >= 11 is 0. The Morgan fingerprint density at radius 1 is 1.11 bits per heavy atom. The molecule has 2 saturated heterocycles. The van der Waals surface area contributed by atoms with Crippen molar-refractivity contribution in [1.82, 2.24) is 10.2 Å². The summed E-state index contributed by atoms with van der Waals surface area (Å²) in [6.45, 7) is 4.48. The number of hydrogen-bond acceptors (Lipinski definition) is 3. The molecule has 3 rings (SSSR count). The summed E-state index contributed by atoms with van der Waals surface area (Å²) in [5, 5.41) is 3.51. The quantitative estimate of drug-likeness (QED) is 0.845. The zero-order valence-electron chi connectivity index (χ0n) is 12.4. The van der Waals surface area contributed by atoms with Gasteiger partial charge in [-0.15, -0.1) is 0 Å². The van der Waals surface area contributed by atoms with Crippen LogP contribution < -0.4 is 5.32 Å². The molecule has 2 heterocycles. The molecule has 0 aromatic heterocycles. The van der Waals surface area contributed by atoms with E-state index in [0.717, 1.165) is 25.2 Å². The zero-order valence-corrected chi connectivity index (χ0v) is 12.4. The SMILES string of the molecule is CNC1CCOCC1CN1CCCC1C1CCCC1. The fourth-order valence-corrected chi connectivity index (χ4v) is 4.61. The lowest BCUT2D eigenvalue weighted by atomic mass is 9.92. The summed E-state index contributed by atoms with van der Waals surface area (Å²) in [5.41, 5.74) is 0. The van der Waals surface area contributed by atoms with Gasteiger partial charge < -0.3 is 10.1 Å². The molecule has 3 unspecified atom stereocenters. The van der Waals surface area contributed by atoms with E-state index >= 15 is 0 Å². The van der Waals surface area contributed by atoms with E-state index in [1.54, 1.807) is 0 Å². The smallest absolute Gasteiger partial charge is 0.0521 e. The average Bonchev–Trinajstić information content (AvgIpc) is 3.09. The molecule has 3 heteroatoms. The van der Waals surface area contributed by atoms with E-state index in [4.69, 9.17) is 4.74 Å². The minimum atomic E-state index is 0.665. The van der Waals surface area contributed by atoms with Gasteiger partial charge in [-0.3, -0.25) is 4.90 Å². The van der Waals surface area contributed by atoms with Gasteiger partial charge in [-0.05, 0) is 51.6 Å². The van der Waals surface area contributed by atoms with Crippen molar-refractivity contribution in [2.45, 2.75) is 57.0 Å². The van der Waals surface area contributed by atoms with Gasteiger partial charge >= 0.3 is 0 Å². The molecule has 2 aliphatic heterocycles. The molecule has 110 valence electrons. The van der Waals surface area contributed by atoms with Crippen LogP contribution in [0.15, 0.2) is 0 Å². The van der Waals surface area contributed by atoms with Gasteiger partial charge in [0.15, 0.2) is 0 Å². The lowest BCUT2D eigenvalue weighted by Gasteiger charge is -2.37. The normalized spacial score (nSPS) is 38.1. The van der Waals surface area contributed by atoms with Gasteiger partial charge in [0.2, 0.25) is 0 Å². The van der Waals surface area contributed by atoms with Crippen LogP contribution in [-0.2, 0) is 4.74 Å². The molecular formula is C16H30N2O.